The molecule has 2 fully saturated rings. The Hall–Kier alpha value is -0.0800. The molecule has 19 heavy (non-hydrogen) atoms. The van der Waals surface area contributed by atoms with Crippen LogP contribution >= 0.6 is 0 Å². The quantitative estimate of drug-likeness (QED) is 0.835. The van der Waals surface area contributed by atoms with E-state index in [2.05, 4.69) is 37.9 Å². The maximum Gasteiger partial charge on any atom is 0.0274 e. The summed E-state index contributed by atoms with van der Waals surface area (Å²) in [4.78, 5) is 2.81. The van der Waals surface area contributed by atoms with Crippen molar-refractivity contribution in [2.24, 2.45) is 11.3 Å². The first-order chi connectivity index (χ1) is 9.04. The second kappa shape index (κ2) is 6.58. The lowest BCUT2D eigenvalue weighted by atomic mass is 9.86. The summed E-state index contributed by atoms with van der Waals surface area (Å²) in [5.74, 6) is 0.932. The Morgan fingerprint density at radius 3 is 2.68 bits per heavy atom. The van der Waals surface area contributed by atoms with Gasteiger partial charge in [-0.15, -0.1) is 0 Å². The highest BCUT2D eigenvalue weighted by atomic mass is 15.2. The zero-order valence-electron chi connectivity index (χ0n) is 13.5. The fourth-order valence-corrected chi connectivity index (χ4v) is 4.09. The Bertz CT molecular complexity index is 274. The normalized spacial score (nSPS) is 36.3. The summed E-state index contributed by atoms with van der Waals surface area (Å²) in [6.07, 6.45) is 8.25. The molecule has 2 nitrogen and oxygen atoms in total. The molecule has 0 spiro atoms. The number of rotatable bonds is 4. The molecule has 2 heteroatoms. The highest BCUT2D eigenvalue weighted by molar-refractivity contribution is 5.01. The third-order valence-corrected chi connectivity index (χ3v) is 5.45. The van der Waals surface area contributed by atoms with Gasteiger partial charge in [0.25, 0.3) is 0 Å². The van der Waals surface area contributed by atoms with E-state index in [1.807, 2.05) is 0 Å². The van der Waals surface area contributed by atoms with E-state index in [0.717, 1.165) is 12.0 Å². The summed E-state index contributed by atoms with van der Waals surface area (Å²) in [6, 6.07) is 1.48. The smallest absolute Gasteiger partial charge is 0.0274 e. The Morgan fingerprint density at radius 1 is 1.16 bits per heavy atom. The summed E-state index contributed by atoms with van der Waals surface area (Å²) in [6.45, 7) is 13.4. The molecule has 1 aliphatic carbocycles. The predicted octanol–water partition coefficient (Wildman–Crippen LogP) is 3.67. The number of likely N-dealkylation sites (tertiary alicyclic amines) is 1. The van der Waals surface area contributed by atoms with E-state index in [1.54, 1.807) is 0 Å². The first-order valence-corrected chi connectivity index (χ1v) is 8.52. The van der Waals surface area contributed by atoms with Crippen LogP contribution < -0.4 is 5.32 Å². The van der Waals surface area contributed by atoms with Crippen LogP contribution in [0.25, 0.3) is 0 Å². The molecule has 0 aromatic heterocycles. The Kier molecular flexibility index (Phi) is 5.30. The average Bonchev–Trinajstić information content (AvgIpc) is 2.52. The van der Waals surface area contributed by atoms with Crippen LogP contribution in [0.5, 0.6) is 0 Å². The molecule has 1 aliphatic heterocycles. The van der Waals surface area contributed by atoms with Crippen molar-refractivity contribution in [1.29, 1.82) is 0 Å². The van der Waals surface area contributed by atoms with Crippen LogP contribution in [-0.4, -0.2) is 36.6 Å². The van der Waals surface area contributed by atoms with E-state index >= 15 is 0 Å². The van der Waals surface area contributed by atoms with Crippen LogP contribution in [0.4, 0.5) is 0 Å². The van der Waals surface area contributed by atoms with Crippen LogP contribution in [0.3, 0.4) is 0 Å². The van der Waals surface area contributed by atoms with Gasteiger partial charge in [0.15, 0.2) is 0 Å². The molecule has 0 aromatic carbocycles. The van der Waals surface area contributed by atoms with Gasteiger partial charge in [-0.2, -0.15) is 0 Å². The van der Waals surface area contributed by atoms with Gasteiger partial charge in [-0.05, 0) is 69.5 Å². The topological polar surface area (TPSA) is 15.3 Å². The minimum absolute atomic E-state index is 0.470. The Balaban J connectivity index is 2.00. The van der Waals surface area contributed by atoms with E-state index in [1.165, 1.54) is 58.2 Å². The van der Waals surface area contributed by atoms with Crippen molar-refractivity contribution in [2.45, 2.75) is 78.3 Å². The van der Waals surface area contributed by atoms with Crippen molar-refractivity contribution >= 4 is 0 Å². The van der Waals surface area contributed by atoms with E-state index in [4.69, 9.17) is 0 Å². The lowest BCUT2D eigenvalue weighted by molar-refractivity contribution is 0.147. The molecule has 112 valence electrons. The highest BCUT2D eigenvalue weighted by Crippen LogP contribution is 2.40. The zero-order valence-corrected chi connectivity index (χ0v) is 13.5. The lowest BCUT2D eigenvalue weighted by Gasteiger charge is -2.37. The third kappa shape index (κ3) is 3.72. The molecule has 1 N–H and O–H groups in total. The van der Waals surface area contributed by atoms with Crippen molar-refractivity contribution in [3.63, 3.8) is 0 Å². The molecule has 0 radical (unpaired) electrons. The molecule has 0 aromatic rings. The Morgan fingerprint density at radius 2 is 1.95 bits per heavy atom. The monoisotopic (exact) mass is 266 g/mol. The fraction of sp³-hybridized carbons (Fsp3) is 1.00. The molecule has 1 heterocycles. The second-order valence-electron chi connectivity index (χ2n) is 7.60. The lowest BCUT2D eigenvalue weighted by Crippen LogP contribution is -2.52. The largest absolute Gasteiger partial charge is 0.312 e. The van der Waals surface area contributed by atoms with Gasteiger partial charge in [0.2, 0.25) is 0 Å². The molecule has 3 unspecified atom stereocenters. The third-order valence-electron chi connectivity index (χ3n) is 5.45. The summed E-state index contributed by atoms with van der Waals surface area (Å²) in [5.41, 5.74) is 0.470. The second-order valence-corrected chi connectivity index (χ2v) is 7.60. The summed E-state index contributed by atoms with van der Waals surface area (Å²) in [5, 5.41) is 3.86. The summed E-state index contributed by atoms with van der Waals surface area (Å²) in [7, 11) is 0. The van der Waals surface area contributed by atoms with Gasteiger partial charge in [-0.3, -0.25) is 4.90 Å². The first-order valence-electron chi connectivity index (χ1n) is 8.52. The number of nitrogens with one attached hydrogen (secondary N) is 1. The van der Waals surface area contributed by atoms with Crippen LogP contribution in [0.15, 0.2) is 0 Å². The van der Waals surface area contributed by atoms with E-state index < -0.39 is 0 Å². The predicted molar refractivity (Wildman–Crippen MR) is 83.5 cm³/mol. The molecular formula is C17H34N2. The van der Waals surface area contributed by atoms with Crippen LogP contribution in [0.1, 0.15) is 66.2 Å². The number of hydrogen-bond donors (Lipinski definition) is 1. The van der Waals surface area contributed by atoms with Crippen LogP contribution in [-0.2, 0) is 0 Å². The standard InChI is InChI=1S/C17H34N2/c1-5-11-18-16-15(8-10-17(16,3)4)19-12-6-7-14(2)9-13-19/h14-16,18H,5-13H2,1-4H3. The minimum Gasteiger partial charge on any atom is -0.312 e. The van der Waals surface area contributed by atoms with Gasteiger partial charge in [0.1, 0.15) is 0 Å². The minimum atomic E-state index is 0.470. The van der Waals surface area contributed by atoms with E-state index in [-0.39, 0.29) is 0 Å². The van der Waals surface area contributed by atoms with E-state index in [9.17, 15) is 0 Å². The summed E-state index contributed by atoms with van der Waals surface area (Å²) >= 11 is 0. The first kappa shape index (κ1) is 15.3. The van der Waals surface area contributed by atoms with Crippen molar-refractivity contribution in [3.05, 3.63) is 0 Å². The van der Waals surface area contributed by atoms with Gasteiger partial charge in [-0.1, -0.05) is 27.7 Å². The summed E-state index contributed by atoms with van der Waals surface area (Å²) < 4.78 is 0. The molecule has 1 saturated carbocycles. The molecular weight excluding hydrogens is 232 g/mol. The van der Waals surface area contributed by atoms with Crippen molar-refractivity contribution in [1.82, 2.24) is 10.2 Å². The van der Waals surface area contributed by atoms with Gasteiger partial charge >= 0.3 is 0 Å². The van der Waals surface area contributed by atoms with Gasteiger partial charge in [-0.25, -0.2) is 0 Å². The number of hydrogen-bond acceptors (Lipinski definition) is 2. The molecule has 1 saturated heterocycles. The average molecular weight is 266 g/mol. The highest BCUT2D eigenvalue weighted by Gasteiger charge is 2.43. The molecule has 0 amide bonds. The Labute approximate surface area is 120 Å². The van der Waals surface area contributed by atoms with Gasteiger partial charge in [0, 0.05) is 12.1 Å². The molecule has 2 aliphatic rings. The van der Waals surface area contributed by atoms with Crippen molar-refractivity contribution < 1.29 is 0 Å². The molecule has 2 rings (SSSR count). The van der Waals surface area contributed by atoms with E-state index in [0.29, 0.717) is 11.5 Å². The molecule has 0 bridgehead atoms. The van der Waals surface area contributed by atoms with Crippen LogP contribution in [0, 0.1) is 11.3 Å². The zero-order chi connectivity index (χ0) is 13.9. The maximum atomic E-state index is 3.86. The molecule has 3 atom stereocenters. The number of nitrogens with zero attached hydrogens (tertiary/aromatic N) is 1. The maximum absolute atomic E-state index is 3.86. The SMILES string of the molecule is CCCNC1C(N2CCCC(C)CC2)CCC1(C)C. The van der Waals surface area contributed by atoms with Crippen molar-refractivity contribution in [3.8, 4) is 0 Å². The van der Waals surface area contributed by atoms with Gasteiger partial charge in [0.05, 0.1) is 0 Å². The van der Waals surface area contributed by atoms with Crippen molar-refractivity contribution in [2.75, 3.05) is 19.6 Å². The fourth-order valence-electron chi connectivity index (χ4n) is 4.09. The van der Waals surface area contributed by atoms with Gasteiger partial charge < -0.3 is 5.32 Å². The van der Waals surface area contributed by atoms with Crippen LogP contribution in [0.2, 0.25) is 0 Å².